The van der Waals surface area contributed by atoms with E-state index in [0.717, 1.165) is 17.0 Å². The molecule has 0 saturated heterocycles. The molecule has 0 aliphatic carbocycles. The lowest BCUT2D eigenvalue weighted by Crippen LogP contribution is -2.19. The Morgan fingerprint density at radius 3 is 2.52 bits per heavy atom. The summed E-state index contributed by atoms with van der Waals surface area (Å²) in [5.74, 6) is 0.156. The van der Waals surface area contributed by atoms with Crippen molar-refractivity contribution in [2.45, 2.75) is 52.8 Å². The molecule has 6 heteroatoms. The maximum absolute atomic E-state index is 10.2. The molecule has 0 amide bonds. The molecule has 0 spiro atoms. The van der Waals surface area contributed by atoms with Gasteiger partial charge in [0.05, 0.1) is 18.0 Å². The highest BCUT2D eigenvalue weighted by atomic mass is 16.3. The van der Waals surface area contributed by atoms with Crippen molar-refractivity contribution in [3.8, 4) is 5.75 Å². The van der Waals surface area contributed by atoms with E-state index in [4.69, 9.17) is 0 Å². The molecular weight excluding hydrogens is 292 g/mol. The van der Waals surface area contributed by atoms with Gasteiger partial charge in [0.2, 0.25) is 0 Å². The number of aromatic nitrogens is 3. The highest BCUT2D eigenvalue weighted by molar-refractivity contribution is 5.40. The summed E-state index contributed by atoms with van der Waals surface area (Å²) in [7, 11) is 1.97. The van der Waals surface area contributed by atoms with Crippen molar-refractivity contribution in [1.29, 1.82) is 0 Å². The first-order chi connectivity index (χ1) is 10.7. The number of hydrogen-bond acceptors (Lipinski definition) is 5. The molecule has 0 aromatic carbocycles. The van der Waals surface area contributed by atoms with Gasteiger partial charge in [-0.3, -0.25) is 15.0 Å². The fourth-order valence-electron chi connectivity index (χ4n) is 2.44. The van der Waals surface area contributed by atoms with Crippen LogP contribution in [-0.2, 0) is 25.1 Å². The predicted molar refractivity (Wildman–Crippen MR) is 89.0 cm³/mol. The highest BCUT2D eigenvalue weighted by Gasteiger charge is 2.18. The Bertz CT molecular complexity index is 674. The van der Waals surface area contributed by atoms with Crippen LogP contribution in [0.2, 0.25) is 0 Å². The standard InChI is InChI=1S/C17H26N4O2/c1-11-16(23)14(12(10-22)7-18-11)9-21(5)8-13-6-15(20-19-13)17(2,3)4/h6-7,22-23H,8-10H2,1-5H3,(H,19,20). The van der Waals surface area contributed by atoms with Gasteiger partial charge in [-0.15, -0.1) is 0 Å². The van der Waals surface area contributed by atoms with Gasteiger partial charge in [0, 0.05) is 41.5 Å². The van der Waals surface area contributed by atoms with Crippen molar-refractivity contribution in [2.24, 2.45) is 0 Å². The summed E-state index contributed by atoms with van der Waals surface area (Å²) < 4.78 is 0. The lowest BCUT2D eigenvalue weighted by Gasteiger charge is -2.19. The second-order valence-electron chi connectivity index (χ2n) is 7.05. The van der Waals surface area contributed by atoms with Crippen LogP contribution in [0.25, 0.3) is 0 Å². The summed E-state index contributed by atoms with van der Waals surface area (Å²) in [6, 6.07) is 2.07. The first-order valence-electron chi connectivity index (χ1n) is 7.73. The number of aryl methyl sites for hydroxylation is 1. The van der Waals surface area contributed by atoms with E-state index in [0.29, 0.717) is 24.3 Å². The van der Waals surface area contributed by atoms with E-state index in [-0.39, 0.29) is 17.8 Å². The molecule has 2 rings (SSSR count). The Morgan fingerprint density at radius 1 is 1.26 bits per heavy atom. The van der Waals surface area contributed by atoms with Gasteiger partial charge in [-0.1, -0.05) is 20.8 Å². The molecule has 2 aromatic heterocycles. The summed E-state index contributed by atoms with van der Waals surface area (Å²) in [6.45, 7) is 9.20. The zero-order valence-corrected chi connectivity index (χ0v) is 14.5. The monoisotopic (exact) mass is 318 g/mol. The number of rotatable bonds is 5. The molecule has 0 saturated carbocycles. The summed E-state index contributed by atoms with van der Waals surface area (Å²) in [4.78, 5) is 6.15. The molecule has 2 heterocycles. The second kappa shape index (κ2) is 6.68. The van der Waals surface area contributed by atoms with E-state index in [9.17, 15) is 10.2 Å². The Balaban J connectivity index is 2.13. The molecule has 3 N–H and O–H groups in total. The van der Waals surface area contributed by atoms with Crippen LogP contribution in [0.3, 0.4) is 0 Å². The SMILES string of the molecule is Cc1ncc(CO)c(CN(C)Cc2cc(C(C)(C)C)n[nH]2)c1O. The van der Waals surface area contributed by atoms with Gasteiger partial charge in [0.15, 0.2) is 0 Å². The number of aromatic amines is 1. The second-order valence-corrected chi connectivity index (χ2v) is 7.05. The number of H-pyrrole nitrogens is 1. The normalized spacial score (nSPS) is 12.1. The molecule has 2 aromatic rings. The zero-order valence-electron chi connectivity index (χ0n) is 14.5. The predicted octanol–water partition coefficient (Wildman–Crippen LogP) is 2.24. The third-order valence-corrected chi connectivity index (χ3v) is 3.87. The van der Waals surface area contributed by atoms with Crippen molar-refractivity contribution >= 4 is 0 Å². The van der Waals surface area contributed by atoms with Gasteiger partial charge in [0.1, 0.15) is 5.75 Å². The van der Waals surface area contributed by atoms with E-state index < -0.39 is 0 Å². The Hall–Kier alpha value is -1.92. The maximum atomic E-state index is 10.2. The Morgan fingerprint density at radius 2 is 1.96 bits per heavy atom. The van der Waals surface area contributed by atoms with Crippen LogP contribution in [0.1, 0.15) is 49.0 Å². The minimum Gasteiger partial charge on any atom is -0.506 e. The largest absolute Gasteiger partial charge is 0.506 e. The third kappa shape index (κ3) is 4.09. The summed E-state index contributed by atoms with van der Waals surface area (Å²) >= 11 is 0. The quantitative estimate of drug-likeness (QED) is 0.787. The van der Waals surface area contributed by atoms with Crippen LogP contribution < -0.4 is 0 Å². The molecule has 0 aliphatic heterocycles. The molecule has 126 valence electrons. The van der Waals surface area contributed by atoms with E-state index in [1.54, 1.807) is 13.1 Å². The topological polar surface area (TPSA) is 85.3 Å². The fourth-order valence-corrected chi connectivity index (χ4v) is 2.44. The number of nitrogens with one attached hydrogen (secondary N) is 1. The lowest BCUT2D eigenvalue weighted by molar-refractivity contribution is 0.269. The van der Waals surface area contributed by atoms with Crippen LogP contribution in [0.4, 0.5) is 0 Å². The number of aromatic hydroxyl groups is 1. The molecule has 0 bridgehead atoms. The molecule has 0 unspecified atom stereocenters. The van der Waals surface area contributed by atoms with Crippen LogP contribution in [-0.4, -0.2) is 37.3 Å². The fraction of sp³-hybridized carbons (Fsp3) is 0.529. The molecule has 0 radical (unpaired) electrons. The van der Waals surface area contributed by atoms with Crippen molar-refractivity contribution in [1.82, 2.24) is 20.1 Å². The van der Waals surface area contributed by atoms with Crippen molar-refractivity contribution in [2.75, 3.05) is 7.05 Å². The number of nitrogens with zero attached hydrogens (tertiary/aromatic N) is 3. The van der Waals surface area contributed by atoms with Crippen LogP contribution in [0, 0.1) is 6.92 Å². The first kappa shape index (κ1) is 17.4. The van der Waals surface area contributed by atoms with E-state index in [1.165, 1.54) is 0 Å². The average Bonchev–Trinajstić information content (AvgIpc) is 2.92. The number of aliphatic hydroxyl groups excluding tert-OH is 1. The maximum Gasteiger partial charge on any atom is 0.141 e. The molecule has 0 aliphatic rings. The van der Waals surface area contributed by atoms with Crippen LogP contribution >= 0.6 is 0 Å². The molecule has 23 heavy (non-hydrogen) atoms. The van der Waals surface area contributed by atoms with Gasteiger partial charge in [0.25, 0.3) is 0 Å². The number of aliphatic hydroxyl groups is 1. The smallest absolute Gasteiger partial charge is 0.141 e. The Labute approximate surface area is 137 Å². The highest BCUT2D eigenvalue weighted by Crippen LogP contribution is 2.26. The van der Waals surface area contributed by atoms with E-state index >= 15 is 0 Å². The van der Waals surface area contributed by atoms with Crippen molar-refractivity contribution < 1.29 is 10.2 Å². The summed E-state index contributed by atoms with van der Waals surface area (Å²) in [5, 5.41) is 27.1. The van der Waals surface area contributed by atoms with Gasteiger partial charge in [-0.05, 0) is 20.0 Å². The molecule has 0 fully saturated rings. The van der Waals surface area contributed by atoms with Crippen molar-refractivity contribution in [3.63, 3.8) is 0 Å². The minimum absolute atomic E-state index is 0.0118. The first-order valence-corrected chi connectivity index (χ1v) is 7.73. The van der Waals surface area contributed by atoms with E-state index in [2.05, 4.69) is 46.9 Å². The van der Waals surface area contributed by atoms with Crippen LogP contribution in [0.15, 0.2) is 12.3 Å². The van der Waals surface area contributed by atoms with E-state index in [1.807, 2.05) is 7.05 Å². The zero-order chi connectivity index (χ0) is 17.2. The van der Waals surface area contributed by atoms with Gasteiger partial charge in [-0.2, -0.15) is 5.10 Å². The van der Waals surface area contributed by atoms with Gasteiger partial charge >= 0.3 is 0 Å². The third-order valence-electron chi connectivity index (χ3n) is 3.87. The molecular formula is C17H26N4O2. The number of pyridine rings is 1. The Kier molecular flexibility index (Phi) is 5.06. The average molecular weight is 318 g/mol. The summed E-state index contributed by atoms with van der Waals surface area (Å²) in [6.07, 6.45) is 1.62. The molecule has 6 nitrogen and oxygen atoms in total. The van der Waals surface area contributed by atoms with Crippen molar-refractivity contribution in [3.05, 3.63) is 40.5 Å². The summed E-state index contributed by atoms with van der Waals surface area (Å²) in [5.41, 5.74) is 4.01. The van der Waals surface area contributed by atoms with Crippen LogP contribution in [0.5, 0.6) is 5.75 Å². The number of hydrogen-bond donors (Lipinski definition) is 3. The molecule has 0 atom stereocenters. The van der Waals surface area contributed by atoms with Gasteiger partial charge < -0.3 is 10.2 Å². The minimum atomic E-state index is -0.137. The van der Waals surface area contributed by atoms with Gasteiger partial charge in [-0.25, -0.2) is 0 Å². The lowest BCUT2D eigenvalue weighted by atomic mass is 9.92.